The maximum absolute atomic E-state index is 13.8. The lowest BCUT2D eigenvalue weighted by molar-refractivity contribution is 0.0732. The molecule has 5 rings (SSSR count). The number of morpholine rings is 1. The first-order valence-electron chi connectivity index (χ1n) is 10.9. The Bertz CT molecular complexity index is 1240. The van der Waals surface area contributed by atoms with Crippen molar-refractivity contribution in [1.82, 2.24) is 14.9 Å². The Morgan fingerprint density at radius 2 is 1.82 bits per heavy atom. The Balaban J connectivity index is 1.50. The number of amides is 1. The van der Waals surface area contributed by atoms with Gasteiger partial charge in [-0.05, 0) is 24.3 Å². The molecule has 1 aromatic heterocycles. The van der Waals surface area contributed by atoms with Crippen LogP contribution in [0.1, 0.15) is 21.6 Å². The minimum atomic E-state index is -1.02. The van der Waals surface area contributed by atoms with Crippen LogP contribution in [0, 0.1) is 11.6 Å². The topological polar surface area (TPSA) is 67.8 Å². The van der Waals surface area contributed by atoms with Gasteiger partial charge in [-0.3, -0.25) is 4.79 Å². The second-order valence-corrected chi connectivity index (χ2v) is 8.40. The van der Waals surface area contributed by atoms with Gasteiger partial charge in [0.05, 0.1) is 41.6 Å². The zero-order valence-corrected chi connectivity index (χ0v) is 18.9. The summed E-state index contributed by atoms with van der Waals surface area (Å²) < 4.78 is 38.6. The lowest BCUT2D eigenvalue weighted by atomic mass is 10.0. The van der Waals surface area contributed by atoms with Gasteiger partial charge in [-0.15, -0.1) is 0 Å². The predicted molar refractivity (Wildman–Crippen MR) is 121 cm³/mol. The molecule has 0 N–H and O–H groups in total. The van der Waals surface area contributed by atoms with E-state index in [4.69, 9.17) is 26.1 Å². The summed E-state index contributed by atoms with van der Waals surface area (Å²) in [6.45, 7) is 3.00. The van der Waals surface area contributed by atoms with Crippen molar-refractivity contribution in [3.05, 3.63) is 75.9 Å². The highest BCUT2D eigenvalue weighted by Crippen LogP contribution is 2.33. The van der Waals surface area contributed by atoms with Gasteiger partial charge in [0.25, 0.3) is 5.91 Å². The molecule has 2 aliphatic rings. The van der Waals surface area contributed by atoms with Crippen LogP contribution in [0.2, 0.25) is 5.02 Å². The van der Waals surface area contributed by atoms with Crippen molar-refractivity contribution in [2.75, 3.05) is 37.7 Å². The number of anilines is 1. The van der Waals surface area contributed by atoms with E-state index in [2.05, 4.69) is 4.98 Å². The number of hydrogen-bond acceptors (Lipinski definition) is 6. The number of nitrogens with zero attached hydrogens (tertiary/aromatic N) is 4. The van der Waals surface area contributed by atoms with Crippen LogP contribution in [0.25, 0.3) is 0 Å². The number of hydrogen-bond donors (Lipinski definition) is 0. The Hall–Kier alpha value is -3.30. The smallest absolute Gasteiger partial charge is 0.255 e. The fraction of sp³-hybridized carbons (Fsp3) is 0.292. The highest BCUT2D eigenvalue weighted by Gasteiger charge is 2.29. The quantitative estimate of drug-likeness (QED) is 0.549. The first kappa shape index (κ1) is 22.5. The molecule has 176 valence electrons. The Morgan fingerprint density at radius 3 is 2.59 bits per heavy atom. The maximum atomic E-state index is 13.8. The molecule has 10 heteroatoms. The summed E-state index contributed by atoms with van der Waals surface area (Å²) in [4.78, 5) is 26.1. The van der Waals surface area contributed by atoms with Crippen molar-refractivity contribution < 1.29 is 23.0 Å². The molecule has 34 heavy (non-hydrogen) atoms. The predicted octanol–water partition coefficient (Wildman–Crippen LogP) is 4.24. The Morgan fingerprint density at radius 1 is 1.03 bits per heavy atom. The van der Waals surface area contributed by atoms with E-state index in [0.29, 0.717) is 61.4 Å². The number of carbonyl (C=O) groups is 1. The second kappa shape index (κ2) is 9.52. The third-order valence-electron chi connectivity index (χ3n) is 5.80. The zero-order valence-electron chi connectivity index (χ0n) is 18.1. The van der Waals surface area contributed by atoms with E-state index in [0.717, 1.165) is 17.8 Å². The van der Waals surface area contributed by atoms with Gasteiger partial charge >= 0.3 is 0 Å². The van der Waals surface area contributed by atoms with Gasteiger partial charge in [0.15, 0.2) is 11.6 Å². The molecule has 0 saturated carbocycles. The molecule has 0 bridgehead atoms. The normalized spacial score (nSPS) is 15.7. The monoisotopic (exact) mass is 486 g/mol. The van der Waals surface area contributed by atoms with Crippen LogP contribution in [-0.4, -0.2) is 53.6 Å². The van der Waals surface area contributed by atoms with Crippen LogP contribution in [0.5, 0.6) is 11.6 Å². The summed E-state index contributed by atoms with van der Waals surface area (Å²) in [5, 5.41) is 0.371. The fourth-order valence-electron chi connectivity index (χ4n) is 3.99. The molecule has 0 unspecified atom stereocenters. The standard InChI is InChI=1S/C24H21ClF2N4O3/c25-18-4-2-1-3-16(18)23(32)31-8-7-21-17(14-31)22(34-15-5-6-19(26)20(27)13-15)29-24(28-21)30-9-11-33-12-10-30/h1-6,13H,7-12,14H2. The summed E-state index contributed by atoms with van der Waals surface area (Å²) in [5.74, 6) is -1.43. The van der Waals surface area contributed by atoms with Crippen molar-refractivity contribution in [2.24, 2.45) is 0 Å². The number of rotatable bonds is 4. The molecule has 0 spiro atoms. The van der Waals surface area contributed by atoms with E-state index >= 15 is 0 Å². The van der Waals surface area contributed by atoms with E-state index in [-0.39, 0.29) is 24.1 Å². The highest BCUT2D eigenvalue weighted by atomic mass is 35.5. The van der Waals surface area contributed by atoms with Gasteiger partial charge in [-0.2, -0.15) is 4.98 Å². The Kier molecular flexibility index (Phi) is 6.30. The van der Waals surface area contributed by atoms with Crippen LogP contribution < -0.4 is 9.64 Å². The average Bonchev–Trinajstić information content (AvgIpc) is 2.86. The molecule has 2 aliphatic heterocycles. The van der Waals surface area contributed by atoms with Crippen LogP contribution in [0.3, 0.4) is 0 Å². The molecule has 0 atom stereocenters. The van der Waals surface area contributed by atoms with E-state index in [1.165, 1.54) is 6.07 Å². The minimum Gasteiger partial charge on any atom is -0.438 e. The van der Waals surface area contributed by atoms with Crippen LogP contribution >= 0.6 is 11.6 Å². The highest BCUT2D eigenvalue weighted by molar-refractivity contribution is 6.33. The van der Waals surface area contributed by atoms with Crippen molar-refractivity contribution in [3.63, 3.8) is 0 Å². The maximum Gasteiger partial charge on any atom is 0.255 e. The van der Waals surface area contributed by atoms with Gasteiger partial charge in [0.1, 0.15) is 5.75 Å². The molecule has 3 heterocycles. The van der Waals surface area contributed by atoms with Gasteiger partial charge in [-0.25, -0.2) is 13.8 Å². The van der Waals surface area contributed by atoms with Gasteiger partial charge < -0.3 is 19.3 Å². The molecule has 0 aliphatic carbocycles. The first-order chi connectivity index (χ1) is 16.5. The molecule has 7 nitrogen and oxygen atoms in total. The molecule has 0 radical (unpaired) electrons. The van der Waals surface area contributed by atoms with Crippen molar-refractivity contribution in [3.8, 4) is 11.6 Å². The number of aromatic nitrogens is 2. The molecule has 2 aromatic carbocycles. The summed E-state index contributed by atoms with van der Waals surface area (Å²) in [6.07, 6.45) is 0.486. The fourth-order valence-corrected chi connectivity index (χ4v) is 4.21. The van der Waals surface area contributed by atoms with Gasteiger partial charge in [0.2, 0.25) is 11.8 Å². The molecular weight excluding hydrogens is 466 g/mol. The second-order valence-electron chi connectivity index (χ2n) is 7.99. The SMILES string of the molecule is O=C(c1ccccc1Cl)N1CCc2nc(N3CCOCC3)nc(Oc3ccc(F)c(F)c3)c2C1. The first-order valence-corrected chi connectivity index (χ1v) is 11.3. The van der Waals surface area contributed by atoms with Gasteiger partial charge in [0, 0.05) is 32.1 Å². The zero-order chi connectivity index (χ0) is 23.7. The van der Waals surface area contributed by atoms with E-state index < -0.39 is 11.6 Å². The molecular formula is C24H21ClF2N4O3. The van der Waals surface area contributed by atoms with Crippen molar-refractivity contribution in [1.29, 1.82) is 0 Å². The van der Waals surface area contributed by atoms with Crippen molar-refractivity contribution >= 4 is 23.5 Å². The van der Waals surface area contributed by atoms with Crippen LogP contribution in [-0.2, 0) is 17.7 Å². The third-order valence-corrected chi connectivity index (χ3v) is 6.13. The molecule has 1 fully saturated rings. The summed E-state index contributed by atoms with van der Waals surface area (Å²) in [5.41, 5.74) is 1.77. The minimum absolute atomic E-state index is 0.0993. The van der Waals surface area contributed by atoms with Crippen LogP contribution in [0.15, 0.2) is 42.5 Å². The number of fused-ring (bicyclic) bond motifs is 1. The van der Waals surface area contributed by atoms with Crippen molar-refractivity contribution in [2.45, 2.75) is 13.0 Å². The Labute approximate surface area is 199 Å². The molecule has 3 aromatic rings. The number of benzene rings is 2. The van der Waals surface area contributed by atoms with Gasteiger partial charge in [-0.1, -0.05) is 23.7 Å². The summed E-state index contributed by atoms with van der Waals surface area (Å²) >= 11 is 6.23. The summed E-state index contributed by atoms with van der Waals surface area (Å²) in [7, 11) is 0. The average molecular weight is 487 g/mol. The van der Waals surface area contributed by atoms with E-state index in [1.54, 1.807) is 29.2 Å². The largest absolute Gasteiger partial charge is 0.438 e. The number of halogens is 3. The lowest BCUT2D eigenvalue weighted by Crippen LogP contribution is -2.39. The van der Waals surface area contributed by atoms with E-state index in [1.807, 2.05) is 4.90 Å². The molecule has 1 saturated heterocycles. The number of carbonyl (C=O) groups excluding carboxylic acids is 1. The van der Waals surface area contributed by atoms with Crippen LogP contribution in [0.4, 0.5) is 14.7 Å². The van der Waals surface area contributed by atoms with E-state index in [9.17, 15) is 13.6 Å². The molecule has 1 amide bonds. The summed E-state index contributed by atoms with van der Waals surface area (Å²) in [6, 6.07) is 10.2. The number of ether oxygens (including phenoxy) is 2. The lowest BCUT2D eigenvalue weighted by Gasteiger charge is -2.32. The third kappa shape index (κ3) is 4.53.